The lowest BCUT2D eigenvalue weighted by Crippen LogP contribution is -2.05. The smallest absolute Gasteiger partial charge is 0.339 e. The van der Waals surface area contributed by atoms with Gasteiger partial charge in [0.1, 0.15) is 11.8 Å². The molecule has 0 amide bonds. The number of hydrogen-bond acceptors (Lipinski definition) is 5. The van der Waals surface area contributed by atoms with Gasteiger partial charge in [-0.05, 0) is 12.1 Å². The number of rotatable bonds is 2. The van der Waals surface area contributed by atoms with E-state index in [0.29, 0.717) is 0 Å². The Bertz CT molecular complexity index is 434. The standard InChI is InChI=1S/C10H9NO4/c1-15-10(14)8-3-9(13)7(5-12)2-6(8)4-11/h2-3,12-13H,5H2,1H3. The molecule has 0 bridgehead atoms. The maximum Gasteiger partial charge on any atom is 0.339 e. The van der Waals surface area contributed by atoms with Crippen LogP contribution in [0.25, 0.3) is 0 Å². The van der Waals surface area contributed by atoms with Gasteiger partial charge < -0.3 is 14.9 Å². The van der Waals surface area contributed by atoms with Gasteiger partial charge in [-0.15, -0.1) is 0 Å². The summed E-state index contributed by atoms with van der Waals surface area (Å²) in [6, 6.07) is 4.15. The second-order valence-corrected chi connectivity index (χ2v) is 2.79. The number of carbonyl (C=O) groups excluding carboxylic acids is 1. The number of aliphatic hydroxyl groups excluding tert-OH is 1. The molecule has 0 saturated carbocycles. The normalized spacial score (nSPS) is 9.40. The van der Waals surface area contributed by atoms with Crippen LogP contribution in [0.4, 0.5) is 0 Å². The highest BCUT2D eigenvalue weighted by molar-refractivity contribution is 5.92. The van der Waals surface area contributed by atoms with Crippen molar-refractivity contribution in [1.82, 2.24) is 0 Å². The van der Waals surface area contributed by atoms with E-state index in [-0.39, 0.29) is 22.4 Å². The van der Waals surface area contributed by atoms with E-state index in [4.69, 9.17) is 10.4 Å². The molecule has 0 aliphatic heterocycles. The van der Waals surface area contributed by atoms with Crippen molar-refractivity contribution in [2.24, 2.45) is 0 Å². The molecule has 78 valence electrons. The Morgan fingerprint density at radius 1 is 1.60 bits per heavy atom. The molecule has 0 radical (unpaired) electrons. The van der Waals surface area contributed by atoms with Crippen molar-refractivity contribution < 1.29 is 19.7 Å². The Hall–Kier alpha value is -2.06. The van der Waals surface area contributed by atoms with Crippen LogP contribution in [0, 0.1) is 11.3 Å². The maximum absolute atomic E-state index is 11.2. The number of carbonyl (C=O) groups is 1. The van der Waals surface area contributed by atoms with Gasteiger partial charge in [0.15, 0.2) is 0 Å². The van der Waals surface area contributed by atoms with E-state index in [2.05, 4.69) is 4.74 Å². The number of aromatic hydroxyl groups is 1. The van der Waals surface area contributed by atoms with E-state index >= 15 is 0 Å². The first-order chi connectivity index (χ1) is 7.13. The molecule has 2 N–H and O–H groups in total. The molecular formula is C10H9NO4. The second kappa shape index (κ2) is 4.44. The summed E-state index contributed by atoms with van der Waals surface area (Å²) < 4.78 is 4.44. The zero-order valence-corrected chi connectivity index (χ0v) is 8.02. The summed E-state index contributed by atoms with van der Waals surface area (Å²) in [5.74, 6) is -0.941. The Morgan fingerprint density at radius 2 is 2.27 bits per heavy atom. The summed E-state index contributed by atoms with van der Waals surface area (Å²) in [7, 11) is 1.18. The van der Waals surface area contributed by atoms with E-state index in [1.54, 1.807) is 6.07 Å². The molecular weight excluding hydrogens is 198 g/mol. The molecule has 5 nitrogen and oxygen atoms in total. The fraction of sp³-hybridized carbons (Fsp3) is 0.200. The third-order valence-electron chi connectivity index (χ3n) is 1.91. The van der Waals surface area contributed by atoms with Crippen LogP contribution in [-0.2, 0) is 11.3 Å². The Kier molecular flexibility index (Phi) is 3.26. The number of benzene rings is 1. The van der Waals surface area contributed by atoms with Gasteiger partial charge in [-0.2, -0.15) is 5.26 Å². The van der Waals surface area contributed by atoms with Gasteiger partial charge in [0.2, 0.25) is 0 Å². The van der Waals surface area contributed by atoms with Crippen LogP contribution in [0.3, 0.4) is 0 Å². The number of ether oxygens (including phenoxy) is 1. The highest BCUT2D eigenvalue weighted by atomic mass is 16.5. The molecule has 0 aliphatic rings. The second-order valence-electron chi connectivity index (χ2n) is 2.79. The lowest BCUT2D eigenvalue weighted by atomic mass is 10.0. The van der Waals surface area contributed by atoms with E-state index in [1.165, 1.54) is 13.2 Å². The number of nitrogens with zero attached hydrogens (tertiary/aromatic N) is 1. The van der Waals surface area contributed by atoms with Gasteiger partial charge in [0.05, 0.1) is 24.8 Å². The topological polar surface area (TPSA) is 90.6 Å². The molecule has 0 spiro atoms. The zero-order valence-electron chi connectivity index (χ0n) is 8.02. The van der Waals surface area contributed by atoms with Gasteiger partial charge >= 0.3 is 5.97 Å². The van der Waals surface area contributed by atoms with Crippen molar-refractivity contribution in [2.45, 2.75) is 6.61 Å². The van der Waals surface area contributed by atoms with E-state index in [0.717, 1.165) is 6.07 Å². The van der Waals surface area contributed by atoms with Gasteiger partial charge in [-0.25, -0.2) is 4.79 Å². The number of esters is 1. The van der Waals surface area contributed by atoms with Crippen LogP contribution in [0.1, 0.15) is 21.5 Å². The van der Waals surface area contributed by atoms with Crippen LogP contribution >= 0.6 is 0 Å². The molecule has 0 saturated heterocycles. The van der Waals surface area contributed by atoms with Crippen LogP contribution < -0.4 is 0 Å². The van der Waals surface area contributed by atoms with Crippen LogP contribution in [-0.4, -0.2) is 23.3 Å². The predicted octanol–water partition coefficient (Wildman–Crippen LogP) is 0.543. The monoisotopic (exact) mass is 207 g/mol. The minimum atomic E-state index is -0.702. The first-order valence-electron chi connectivity index (χ1n) is 4.09. The van der Waals surface area contributed by atoms with Crippen molar-refractivity contribution in [3.05, 3.63) is 28.8 Å². The number of methoxy groups -OCH3 is 1. The SMILES string of the molecule is COC(=O)c1cc(O)c(CO)cc1C#N. The first-order valence-corrected chi connectivity index (χ1v) is 4.09. The molecule has 1 aromatic rings. The number of hydrogen-bond donors (Lipinski definition) is 2. The molecule has 15 heavy (non-hydrogen) atoms. The molecule has 1 rings (SSSR count). The molecule has 5 heteroatoms. The van der Waals surface area contributed by atoms with Crippen molar-refractivity contribution in [2.75, 3.05) is 7.11 Å². The third kappa shape index (κ3) is 2.06. The highest BCUT2D eigenvalue weighted by Gasteiger charge is 2.15. The van der Waals surface area contributed by atoms with E-state index in [9.17, 15) is 9.90 Å². The van der Waals surface area contributed by atoms with Crippen molar-refractivity contribution in [3.63, 3.8) is 0 Å². The van der Waals surface area contributed by atoms with E-state index in [1.807, 2.05) is 0 Å². The summed E-state index contributed by atoms with van der Waals surface area (Å²) in [4.78, 5) is 11.2. The average Bonchev–Trinajstić information content (AvgIpc) is 2.27. The minimum Gasteiger partial charge on any atom is -0.508 e. The van der Waals surface area contributed by atoms with Gasteiger partial charge in [0, 0.05) is 5.56 Å². The molecule has 0 heterocycles. The molecule has 0 fully saturated rings. The fourth-order valence-corrected chi connectivity index (χ4v) is 1.13. The first kappa shape index (κ1) is 11.0. The third-order valence-corrected chi connectivity index (χ3v) is 1.91. The summed E-state index contributed by atoms with van der Waals surface area (Å²) >= 11 is 0. The lowest BCUT2D eigenvalue weighted by Gasteiger charge is -2.06. The Morgan fingerprint density at radius 3 is 2.73 bits per heavy atom. The van der Waals surface area contributed by atoms with Crippen LogP contribution in [0.5, 0.6) is 5.75 Å². The zero-order chi connectivity index (χ0) is 11.4. The predicted molar refractivity (Wildman–Crippen MR) is 50.1 cm³/mol. The Labute approximate surface area is 86.1 Å². The van der Waals surface area contributed by atoms with Crippen LogP contribution in [0.15, 0.2) is 12.1 Å². The van der Waals surface area contributed by atoms with Crippen molar-refractivity contribution >= 4 is 5.97 Å². The highest BCUT2D eigenvalue weighted by Crippen LogP contribution is 2.22. The largest absolute Gasteiger partial charge is 0.508 e. The Balaban J connectivity index is 3.35. The summed E-state index contributed by atoms with van der Waals surface area (Å²) in [6.07, 6.45) is 0. The molecule has 0 aromatic heterocycles. The van der Waals surface area contributed by atoms with Gasteiger partial charge in [0.25, 0.3) is 0 Å². The lowest BCUT2D eigenvalue weighted by molar-refractivity contribution is 0.0600. The number of nitriles is 1. The maximum atomic E-state index is 11.2. The molecule has 0 unspecified atom stereocenters. The summed E-state index contributed by atoms with van der Waals surface area (Å²) in [5, 5.41) is 27.0. The molecule has 0 atom stereocenters. The summed E-state index contributed by atoms with van der Waals surface area (Å²) in [5.41, 5.74) is 0.234. The van der Waals surface area contributed by atoms with Crippen LogP contribution in [0.2, 0.25) is 0 Å². The molecule has 1 aromatic carbocycles. The average molecular weight is 207 g/mol. The van der Waals surface area contributed by atoms with Crippen molar-refractivity contribution in [3.8, 4) is 11.8 Å². The summed E-state index contributed by atoms with van der Waals surface area (Å²) in [6.45, 7) is -0.401. The molecule has 0 aliphatic carbocycles. The van der Waals surface area contributed by atoms with Gasteiger partial charge in [-0.3, -0.25) is 0 Å². The van der Waals surface area contributed by atoms with E-state index < -0.39 is 12.6 Å². The number of aliphatic hydroxyl groups is 1. The van der Waals surface area contributed by atoms with Crippen molar-refractivity contribution in [1.29, 1.82) is 5.26 Å². The van der Waals surface area contributed by atoms with Gasteiger partial charge in [-0.1, -0.05) is 0 Å². The minimum absolute atomic E-state index is 0.0188. The number of phenols is 1. The quantitative estimate of drug-likeness (QED) is 0.691. The fourth-order valence-electron chi connectivity index (χ4n) is 1.13.